The Labute approximate surface area is 112 Å². The molecule has 0 spiro atoms. The number of nitrogens with two attached hydrogens (primary N) is 1. The fourth-order valence-electron chi connectivity index (χ4n) is 1.76. The van der Waals surface area contributed by atoms with Crippen LogP contribution in [0.1, 0.15) is 35.8 Å². The third kappa shape index (κ3) is 4.24. The molecule has 0 atom stereocenters. The molecule has 0 bridgehead atoms. The van der Waals surface area contributed by atoms with E-state index in [0.717, 1.165) is 12.8 Å². The number of aryl methyl sites for hydroxylation is 1. The van der Waals surface area contributed by atoms with Crippen molar-refractivity contribution in [3.63, 3.8) is 0 Å². The number of unbranched alkanes of at least 4 members (excludes halogenated alkanes) is 1. The van der Waals surface area contributed by atoms with E-state index >= 15 is 0 Å². The molecule has 1 aromatic heterocycles. The molecule has 0 aromatic carbocycles. The van der Waals surface area contributed by atoms with E-state index in [1.54, 1.807) is 17.9 Å². The second-order valence-corrected chi connectivity index (χ2v) is 4.35. The van der Waals surface area contributed by atoms with Crippen LogP contribution in [-0.4, -0.2) is 35.1 Å². The molecule has 0 saturated heterocycles. The summed E-state index contributed by atoms with van der Waals surface area (Å²) in [7, 11) is 0. The summed E-state index contributed by atoms with van der Waals surface area (Å²) < 4.78 is 0. The van der Waals surface area contributed by atoms with Gasteiger partial charge >= 0.3 is 5.97 Å². The average Bonchev–Trinajstić information content (AvgIpc) is 2.33. The number of carbonyl (C=O) groups excluding carboxylic acids is 1. The van der Waals surface area contributed by atoms with Gasteiger partial charge in [0.15, 0.2) is 0 Å². The standard InChI is InChI=1S/C13H19N3O3/c1-3-4-7-16(8-11(14)17)12-6-5-10(13(18)19)9(2)15-12/h5-6H,3-4,7-8H2,1-2H3,(H2,14,17)(H,18,19). The van der Waals surface area contributed by atoms with Gasteiger partial charge in [-0.1, -0.05) is 13.3 Å². The molecule has 1 rings (SSSR count). The van der Waals surface area contributed by atoms with Crippen molar-refractivity contribution in [1.29, 1.82) is 0 Å². The van der Waals surface area contributed by atoms with Crippen molar-refractivity contribution >= 4 is 17.7 Å². The van der Waals surface area contributed by atoms with Crippen molar-refractivity contribution in [2.45, 2.75) is 26.7 Å². The fraction of sp³-hybridized carbons (Fsp3) is 0.462. The summed E-state index contributed by atoms with van der Waals surface area (Å²) in [5, 5.41) is 8.95. The maximum absolute atomic E-state index is 11.1. The zero-order valence-electron chi connectivity index (χ0n) is 11.2. The van der Waals surface area contributed by atoms with Gasteiger partial charge in [0.25, 0.3) is 0 Å². The number of nitrogens with zero attached hydrogens (tertiary/aromatic N) is 2. The molecule has 1 amide bonds. The van der Waals surface area contributed by atoms with E-state index in [4.69, 9.17) is 10.8 Å². The molecule has 104 valence electrons. The van der Waals surface area contributed by atoms with Gasteiger partial charge in [0.1, 0.15) is 5.82 Å². The van der Waals surface area contributed by atoms with Gasteiger partial charge in [-0.3, -0.25) is 4.79 Å². The summed E-state index contributed by atoms with van der Waals surface area (Å²) >= 11 is 0. The molecule has 0 unspecified atom stereocenters. The molecule has 6 heteroatoms. The first-order valence-corrected chi connectivity index (χ1v) is 6.20. The first kappa shape index (κ1) is 14.9. The van der Waals surface area contributed by atoms with Crippen LogP contribution in [0.3, 0.4) is 0 Å². The molecule has 0 fully saturated rings. The summed E-state index contributed by atoms with van der Waals surface area (Å²) in [4.78, 5) is 28.0. The van der Waals surface area contributed by atoms with Gasteiger partial charge in [-0.2, -0.15) is 0 Å². The predicted molar refractivity (Wildman–Crippen MR) is 72.2 cm³/mol. The van der Waals surface area contributed by atoms with Gasteiger partial charge in [-0.25, -0.2) is 9.78 Å². The van der Waals surface area contributed by atoms with Gasteiger partial charge in [0, 0.05) is 6.54 Å². The number of aromatic nitrogens is 1. The van der Waals surface area contributed by atoms with Gasteiger partial charge in [-0.05, 0) is 25.5 Å². The fourth-order valence-corrected chi connectivity index (χ4v) is 1.76. The summed E-state index contributed by atoms with van der Waals surface area (Å²) in [5.41, 5.74) is 5.81. The first-order valence-electron chi connectivity index (χ1n) is 6.20. The Bertz CT molecular complexity index is 474. The molecule has 1 aromatic rings. The highest BCUT2D eigenvalue weighted by atomic mass is 16.4. The van der Waals surface area contributed by atoms with E-state index in [2.05, 4.69) is 11.9 Å². The normalized spacial score (nSPS) is 10.2. The Morgan fingerprint density at radius 1 is 1.42 bits per heavy atom. The predicted octanol–water partition coefficient (Wildman–Crippen LogP) is 1.18. The average molecular weight is 265 g/mol. The second kappa shape index (κ2) is 6.72. The highest BCUT2D eigenvalue weighted by molar-refractivity contribution is 5.89. The number of carbonyl (C=O) groups is 2. The molecule has 3 N–H and O–H groups in total. The van der Waals surface area contributed by atoms with Crippen LogP contribution in [0.25, 0.3) is 0 Å². The van der Waals surface area contributed by atoms with Gasteiger partial charge in [-0.15, -0.1) is 0 Å². The topological polar surface area (TPSA) is 96.5 Å². The minimum atomic E-state index is -1.01. The van der Waals surface area contributed by atoms with E-state index in [9.17, 15) is 9.59 Å². The largest absolute Gasteiger partial charge is 0.478 e. The van der Waals surface area contributed by atoms with E-state index in [0.29, 0.717) is 18.1 Å². The summed E-state index contributed by atoms with van der Waals surface area (Å²) in [6.07, 6.45) is 1.90. The molecule has 0 saturated carbocycles. The third-order valence-corrected chi connectivity index (χ3v) is 2.75. The number of hydrogen-bond donors (Lipinski definition) is 2. The van der Waals surface area contributed by atoms with Crippen LogP contribution in [0, 0.1) is 6.92 Å². The minimum Gasteiger partial charge on any atom is -0.478 e. The van der Waals surface area contributed by atoms with Crippen molar-refractivity contribution in [3.8, 4) is 0 Å². The lowest BCUT2D eigenvalue weighted by Crippen LogP contribution is -2.35. The molecule has 6 nitrogen and oxygen atoms in total. The maximum Gasteiger partial charge on any atom is 0.337 e. The van der Waals surface area contributed by atoms with Crippen LogP contribution in [-0.2, 0) is 4.79 Å². The molecule has 0 aliphatic heterocycles. The Hall–Kier alpha value is -2.11. The highest BCUT2D eigenvalue weighted by Gasteiger charge is 2.14. The molecule has 0 radical (unpaired) electrons. The van der Waals surface area contributed by atoms with Crippen molar-refractivity contribution in [2.75, 3.05) is 18.0 Å². The van der Waals surface area contributed by atoms with Gasteiger partial charge in [0.05, 0.1) is 17.8 Å². The lowest BCUT2D eigenvalue weighted by Gasteiger charge is -2.22. The Morgan fingerprint density at radius 3 is 2.58 bits per heavy atom. The monoisotopic (exact) mass is 265 g/mol. The smallest absolute Gasteiger partial charge is 0.337 e. The molecule has 0 aliphatic rings. The molecule has 19 heavy (non-hydrogen) atoms. The third-order valence-electron chi connectivity index (χ3n) is 2.75. The Balaban J connectivity index is 2.98. The van der Waals surface area contributed by atoms with Crippen LogP contribution in [0.5, 0.6) is 0 Å². The van der Waals surface area contributed by atoms with Crippen molar-refractivity contribution in [3.05, 3.63) is 23.4 Å². The van der Waals surface area contributed by atoms with Crippen molar-refractivity contribution in [2.24, 2.45) is 5.73 Å². The highest BCUT2D eigenvalue weighted by Crippen LogP contribution is 2.15. The van der Waals surface area contributed by atoms with Crippen LogP contribution >= 0.6 is 0 Å². The molecule has 1 heterocycles. The van der Waals surface area contributed by atoms with Gasteiger partial charge in [0.2, 0.25) is 5.91 Å². The van der Waals surface area contributed by atoms with Crippen molar-refractivity contribution < 1.29 is 14.7 Å². The van der Waals surface area contributed by atoms with Crippen LogP contribution < -0.4 is 10.6 Å². The second-order valence-electron chi connectivity index (χ2n) is 4.35. The maximum atomic E-state index is 11.1. The zero-order chi connectivity index (χ0) is 14.4. The number of carboxylic acids is 1. The first-order chi connectivity index (χ1) is 8.95. The lowest BCUT2D eigenvalue weighted by atomic mass is 10.2. The van der Waals surface area contributed by atoms with E-state index in [1.165, 1.54) is 6.07 Å². The number of hydrogen-bond acceptors (Lipinski definition) is 4. The minimum absolute atomic E-state index is 0.0822. The number of primary amides is 1. The zero-order valence-corrected chi connectivity index (χ0v) is 11.2. The lowest BCUT2D eigenvalue weighted by molar-refractivity contribution is -0.116. The van der Waals surface area contributed by atoms with Gasteiger partial charge < -0.3 is 15.7 Å². The number of amides is 1. The van der Waals surface area contributed by atoms with E-state index < -0.39 is 11.9 Å². The number of aromatic carboxylic acids is 1. The van der Waals surface area contributed by atoms with E-state index in [-0.39, 0.29) is 12.1 Å². The SMILES string of the molecule is CCCCN(CC(N)=O)c1ccc(C(=O)O)c(C)n1. The summed E-state index contributed by atoms with van der Waals surface area (Å²) in [6.45, 7) is 4.43. The van der Waals surface area contributed by atoms with E-state index in [1.807, 2.05) is 0 Å². The van der Waals surface area contributed by atoms with Crippen molar-refractivity contribution in [1.82, 2.24) is 4.98 Å². The number of anilines is 1. The summed E-state index contributed by atoms with van der Waals surface area (Å²) in [6, 6.07) is 3.11. The van der Waals surface area contributed by atoms with Crippen LogP contribution in [0.4, 0.5) is 5.82 Å². The molecular weight excluding hydrogens is 246 g/mol. The molecule has 0 aliphatic carbocycles. The van der Waals surface area contributed by atoms with Crippen LogP contribution in [0.15, 0.2) is 12.1 Å². The van der Waals surface area contributed by atoms with Crippen LogP contribution in [0.2, 0.25) is 0 Å². The Morgan fingerprint density at radius 2 is 2.11 bits per heavy atom. The summed E-state index contributed by atoms with van der Waals surface area (Å²) in [5.74, 6) is -0.862. The Kier molecular flexibility index (Phi) is 5.29. The number of pyridine rings is 1. The number of carboxylic acid groups (broad SMARTS) is 1. The number of rotatable bonds is 7. The quantitative estimate of drug-likeness (QED) is 0.771. The molecular formula is C13H19N3O3.